The molecule has 1 fully saturated rings. The number of hydrogen-bond donors (Lipinski definition) is 1. The maximum Gasteiger partial charge on any atom is 0.0615 e. The summed E-state index contributed by atoms with van der Waals surface area (Å²) in [6.45, 7) is 1.52. The molecular formula is C13H20N2O. The summed E-state index contributed by atoms with van der Waals surface area (Å²) in [4.78, 5) is 4.28. The van der Waals surface area contributed by atoms with Crippen molar-refractivity contribution in [1.82, 2.24) is 4.98 Å². The molecule has 0 saturated heterocycles. The van der Waals surface area contributed by atoms with Gasteiger partial charge in [-0.15, -0.1) is 0 Å². The molecule has 2 rings (SSSR count). The van der Waals surface area contributed by atoms with Crippen molar-refractivity contribution in [2.75, 3.05) is 13.2 Å². The van der Waals surface area contributed by atoms with Gasteiger partial charge in [-0.1, -0.05) is 12.5 Å². The van der Waals surface area contributed by atoms with Crippen LogP contribution in [0.1, 0.15) is 25.0 Å². The first-order valence-electron chi connectivity index (χ1n) is 6.11. The SMILES string of the molecule is NCC1CCCC1OCCc1ccccn1. The molecule has 0 radical (unpaired) electrons. The fraction of sp³-hybridized carbons (Fsp3) is 0.615. The van der Waals surface area contributed by atoms with Crippen molar-refractivity contribution in [2.24, 2.45) is 11.7 Å². The summed E-state index contributed by atoms with van der Waals surface area (Å²) in [6.07, 6.45) is 6.77. The highest BCUT2D eigenvalue weighted by Gasteiger charge is 2.26. The summed E-state index contributed by atoms with van der Waals surface area (Å²) in [7, 11) is 0. The zero-order chi connectivity index (χ0) is 11.2. The lowest BCUT2D eigenvalue weighted by Crippen LogP contribution is -2.26. The van der Waals surface area contributed by atoms with E-state index < -0.39 is 0 Å². The summed E-state index contributed by atoms with van der Waals surface area (Å²) in [5, 5.41) is 0. The van der Waals surface area contributed by atoms with Crippen molar-refractivity contribution in [3.63, 3.8) is 0 Å². The van der Waals surface area contributed by atoms with E-state index in [1.165, 1.54) is 19.3 Å². The zero-order valence-corrected chi connectivity index (χ0v) is 9.64. The minimum Gasteiger partial charge on any atom is -0.377 e. The molecule has 0 aromatic carbocycles. The van der Waals surface area contributed by atoms with E-state index in [1.54, 1.807) is 0 Å². The Balaban J connectivity index is 1.72. The van der Waals surface area contributed by atoms with Gasteiger partial charge in [0.25, 0.3) is 0 Å². The Morgan fingerprint density at radius 3 is 3.06 bits per heavy atom. The van der Waals surface area contributed by atoms with Gasteiger partial charge in [0.15, 0.2) is 0 Å². The number of nitrogens with two attached hydrogens (primary N) is 1. The topological polar surface area (TPSA) is 48.1 Å². The Morgan fingerprint density at radius 2 is 2.31 bits per heavy atom. The Morgan fingerprint density at radius 1 is 1.38 bits per heavy atom. The van der Waals surface area contributed by atoms with Crippen LogP contribution < -0.4 is 5.73 Å². The van der Waals surface area contributed by atoms with E-state index in [9.17, 15) is 0 Å². The van der Waals surface area contributed by atoms with Gasteiger partial charge in [0.1, 0.15) is 0 Å². The molecule has 2 unspecified atom stereocenters. The van der Waals surface area contributed by atoms with Crippen LogP contribution in [0.3, 0.4) is 0 Å². The van der Waals surface area contributed by atoms with Gasteiger partial charge >= 0.3 is 0 Å². The zero-order valence-electron chi connectivity index (χ0n) is 9.64. The van der Waals surface area contributed by atoms with Crippen molar-refractivity contribution in [2.45, 2.75) is 31.8 Å². The average molecular weight is 220 g/mol. The standard InChI is InChI=1S/C13H20N2O/c14-10-11-4-3-6-13(11)16-9-7-12-5-1-2-8-15-12/h1-2,5,8,11,13H,3-4,6-7,9-10,14H2. The third-order valence-corrected chi connectivity index (χ3v) is 3.31. The number of hydrogen-bond acceptors (Lipinski definition) is 3. The van der Waals surface area contributed by atoms with Gasteiger partial charge in [0.2, 0.25) is 0 Å². The van der Waals surface area contributed by atoms with Crippen LogP contribution in [-0.4, -0.2) is 24.2 Å². The van der Waals surface area contributed by atoms with Crippen LogP contribution in [0, 0.1) is 5.92 Å². The maximum atomic E-state index is 5.89. The largest absolute Gasteiger partial charge is 0.377 e. The minimum absolute atomic E-state index is 0.383. The number of pyridine rings is 1. The second kappa shape index (κ2) is 5.97. The lowest BCUT2D eigenvalue weighted by molar-refractivity contribution is 0.0317. The summed E-state index contributed by atoms with van der Waals surface area (Å²) in [6, 6.07) is 5.99. The predicted molar refractivity (Wildman–Crippen MR) is 64.1 cm³/mol. The van der Waals surface area contributed by atoms with Crippen LogP contribution in [0.2, 0.25) is 0 Å². The predicted octanol–water partition coefficient (Wildman–Crippen LogP) is 1.77. The Bertz CT molecular complexity index is 302. The molecule has 3 heteroatoms. The molecule has 88 valence electrons. The normalized spacial score (nSPS) is 24.8. The van der Waals surface area contributed by atoms with Gasteiger partial charge in [-0.05, 0) is 37.4 Å². The summed E-state index contributed by atoms with van der Waals surface area (Å²) in [5.74, 6) is 0.573. The molecule has 1 aliphatic carbocycles. The average Bonchev–Trinajstić information content (AvgIpc) is 2.78. The fourth-order valence-corrected chi connectivity index (χ4v) is 2.35. The summed E-state index contributed by atoms with van der Waals surface area (Å²) < 4.78 is 5.89. The number of nitrogens with zero attached hydrogens (tertiary/aromatic N) is 1. The lowest BCUT2D eigenvalue weighted by Gasteiger charge is -2.18. The van der Waals surface area contributed by atoms with Crippen molar-refractivity contribution in [3.8, 4) is 0 Å². The van der Waals surface area contributed by atoms with Gasteiger partial charge < -0.3 is 10.5 Å². The molecule has 0 aliphatic heterocycles. The monoisotopic (exact) mass is 220 g/mol. The van der Waals surface area contributed by atoms with Gasteiger partial charge in [-0.3, -0.25) is 4.98 Å². The number of aromatic nitrogens is 1. The maximum absolute atomic E-state index is 5.89. The van der Waals surface area contributed by atoms with Gasteiger partial charge in [0, 0.05) is 18.3 Å². The van der Waals surface area contributed by atoms with E-state index in [-0.39, 0.29) is 0 Å². The van der Waals surface area contributed by atoms with Crippen LogP contribution in [-0.2, 0) is 11.2 Å². The van der Waals surface area contributed by atoms with Crippen LogP contribution in [0.4, 0.5) is 0 Å². The lowest BCUT2D eigenvalue weighted by atomic mass is 10.1. The first-order chi connectivity index (χ1) is 7.90. The highest BCUT2D eigenvalue weighted by atomic mass is 16.5. The number of ether oxygens (including phenoxy) is 1. The Labute approximate surface area is 97.0 Å². The van der Waals surface area contributed by atoms with Crippen LogP contribution >= 0.6 is 0 Å². The van der Waals surface area contributed by atoms with E-state index in [1.807, 2.05) is 24.4 Å². The van der Waals surface area contributed by atoms with E-state index in [0.717, 1.165) is 25.3 Å². The Kier molecular flexibility index (Phi) is 4.31. The molecule has 16 heavy (non-hydrogen) atoms. The first kappa shape index (κ1) is 11.6. The van der Waals surface area contributed by atoms with E-state index >= 15 is 0 Å². The third-order valence-electron chi connectivity index (χ3n) is 3.31. The molecule has 1 aliphatic rings. The van der Waals surface area contributed by atoms with Gasteiger partial charge in [-0.25, -0.2) is 0 Å². The molecule has 1 heterocycles. The van der Waals surface area contributed by atoms with Crippen molar-refractivity contribution in [3.05, 3.63) is 30.1 Å². The minimum atomic E-state index is 0.383. The van der Waals surface area contributed by atoms with Crippen molar-refractivity contribution >= 4 is 0 Å². The third kappa shape index (κ3) is 3.03. The second-order valence-corrected chi connectivity index (χ2v) is 4.41. The molecule has 1 aromatic rings. The molecule has 0 amide bonds. The molecular weight excluding hydrogens is 200 g/mol. The summed E-state index contributed by atoms with van der Waals surface area (Å²) in [5.41, 5.74) is 6.82. The summed E-state index contributed by atoms with van der Waals surface area (Å²) >= 11 is 0. The molecule has 0 spiro atoms. The highest BCUT2D eigenvalue weighted by molar-refractivity contribution is 5.03. The van der Waals surface area contributed by atoms with Gasteiger partial charge in [-0.2, -0.15) is 0 Å². The number of rotatable bonds is 5. The van der Waals surface area contributed by atoms with Crippen molar-refractivity contribution < 1.29 is 4.74 Å². The fourth-order valence-electron chi connectivity index (χ4n) is 2.35. The van der Waals surface area contributed by atoms with Crippen LogP contribution in [0.15, 0.2) is 24.4 Å². The molecule has 0 bridgehead atoms. The molecule has 1 aromatic heterocycles. The van der Waals surface area contributed by atoms with E-state index in [4.69, 9.17) is 10.5 Å². The van der Waals surface area contributed by atoms with Gasteiger partial charge in [0.05, 0.1) is 12.7 Å². The van der Waals surface area contributed by atoms with Crippen molar-refractivity contribution in [1.29, 1.82) is 0 Å². The molecule has 3 nitrogen and oxygen atoms in total. The molecule has 1 saturated carbocycles. The molecule has 2 atom stereocenters. The smallest absolute Gasteiger partial charge is 0.0615 e. The van der Waals surface area contributed by atoms with E-state index in [0.29, 0.717) is 12.0 Å². The molecule has 2 N–H and O–H groups in total. The first-order valence-corrected chi connectivity index (χ1v) is 6.11. The quantitative estimate of drug-likeness (QED) is 0.822. The van der Waals surface area contributed by atoms with Crippen LogP contribution in [0.25, 0.3) is 0 Å². The highest BCUT2D eigenvalue weighted by Crippen LogP contribution is 2.27. The second-order valence-electron chi connectivity index (χ2n) is 4.41. The van der Waals surface area contributed by atoms with E-state index in [2.05, 4.69) is 4.98 Å². The Hall–Kier alpha value is -0.930. The van der Waals surface area contributed by atoms with Crippen LogP contribution in [0.5, 0.6) is 0 Å².